The predicted octanol–water partition coefficient (Wildman–Crippen LogP) is 2.77. The number of rotatable bonds is 8. The molecule has 0 spiro atoms. The second-order valence-electron chi connectivity index (χ2n) is 4.53. The first-order valence-corrected chi connectivity index (χ1v) is 6.11. The van der Waals surface area contributed by atoms with Crippen LogP contribution in [0.3, 0.4) is 0 Å². The second-order valence-corrected chi connectivity index (χ2v) is 4.53. The van der Waals surface area contributed by atoms with E-state index in [1.165, 1.54) is 6.26 Å². The largest absolute Gasteiger partial charge is 0.496 e. The molecule has 0 aliphatic heterocycles. The van der Waals surface area contributed by atoms with Gasteiger partial charge in [-0.05, 0) is 19.8 Å². The number of hydrogen-bond donors (Lipinski definition) is 0. The molecule has 0 aliphatic rings. The van der Waals surface area contributed by atoms with Crippen molar-refractivity contribution in [2.45, 2.75) is 45.8 Å². The number of hydrogen-bond acceptors (Lipinski definition) is 4. The van der Waals surface area contributed by atoms with E-state index >= 15 is 0 Å². The number of esters is 1. The van der Waals surface area contributed by atoms with E-state index in [0.29, 0.717) is 0 Å². The molecule has 112 valence electrons. The highest BCUT2D eigenvalue weighted by atomic mass is 19.3. The third-order valence-electron chi connectivity index (χ3n) is 2.38. The number of ether oxygens (including phenoxy) is 3. The lowest BCUT2D eigenvalue weighted by atomic mass is 10.0. The van der Waals surface area contributed by atoms with Crippen LogP contribution in [-0.4, -0.2) is 37.8 Å². The summed E-state index contributed by atoms with van der Waals surface area (Å²) in [6, 6.07) is 0. The Hall–Kier alpha value is -1.17. The molecule has 0 aromatic rings. The molecule has 0 aromatic heterocycles. The smallest absolute Gasteiger partial charge is 0.379 e. The van der Waals surface area contributed by atoms with E-state index in [4.69, 9.17) is 9.47 Å². The first-order chi connectivity index (χ1) is 8.77. The summed E-state index contributed by atoms with van der Waals surface area (Å²) in [5.41, 5.74) is 0. The Kier molecular flexibility index (Phi) is 7.59. The molecule has 19 heavy (non-hydrogen) atoms. The molecule has 0 N–H and O–H groups in total. The third-order valence-corrected chi connectivity index (χ3v) is 2.38. The Balaban J connectivity index is 4.62. The highest BCUT2D eigenvalue weighted by Gasteiger charge is 2.50. The zero-order chi connectivity index (χ0) is 15.1. The molecule has 0 saturated heterocycles. The van der Waals surface area contributed by atoms with Crippen molar-refractivity contribution in [3.05, 3.63) is 12.3 Å². The Bertz CT molecular complexity index is 303. The van der Waals surface area contributed by atoms with Crippen LogP contribution in [0.4, 0.5) is 8.78 Å². The summed E-state index contributed by atoms with van der Waals surface area (Å²) in [7, 11) is 0.922. The van der Waals surface area contributed by atoms with Gasteiger partial charge < -0.3 is 14.2 Å². The molecule has 0 radical (unpaired) electrons. The zero-order valence-corrected chi connectivity index (χ0v) is 12.0. The molecule has 0 rings (SSSR count). The van der Waals surface area contributed by atoms with E-state index in [1.807, 2.05) is 0 Å². The van der Waals surface area contributed by atoms with Crippen molar-refractivity contribution in [1.82, 2.24) is 0 Å². The molecule has 4 nitrogen and oxygen atoms in total. The summed E-state index contributed by atoms with van der Waals surface area (Å²) < 4.78 is 42.0. The number of allylic oxidation sites excluding steroid dienone is 1. The van der Waals surface area contributed by atoms with Gasteiger partial charge in [-0.1, -0.05) is 19.9 Å². The molecule has 0 saturated carbocycles. The number of carbonyl (C=O) groups excluding carboxylic acids is 1. The van der Waals surface area contributed by atoms with Crippen LogP contribution in [0.15, 0.2) is 12.3 Å². The maximum atomic E-state index is 13.8. The molecule has 0 heterocycles. The SMILES string of the molecule is CC=COC(C)COC(C(C)C)C(F)(F)C(=O)OC. The molecule has 0 amide bonds. The Morgan fingerprint density at radius 1 is 1.32 bits per heavy atom. The van der Waals surface area contributed by atoms with Crippen molar-refractivity contribution in [3.8, 4) is 0 Å². The van der Waals surface area contributed by atoms with Gasteiger partial charge in [-0.15, -0.1) is 0 Å². The van der Waals surface area contributed by atoms with Crippen molar-refractivity contribution in [2.24, 2.45) is 5.92 Å². The van der Waals surface area contributed by atoms with Crippen molar-refractivity contribution in [3.63, 3.8) is 0 Å². The van der Waals surface area contributed by atoms with Crippen LogP contribution in [-0.2, 0) is 19.0 Å². The van der Waals surface area contributed by atoms with Gasteiger partial charge in [0.05, 0.1) is 20.0 Å². The first kappa shape index (κ1) is 17.8. The molecule has 6 heteroatoms. The Morgan fingerprint density at radius 3 is 2.32 bits per heavy atom. The van der Waals surface area contributed by atoms with Gasteiger partial charge in [-0.3, -0.25) is 0 Å². The lowest BCUT2D eigenvalue weighted by molar-refractivity contribution is -0.201. The van der Waals surface area contributed by atoms with Crippen molar-refractivity contribution in [1.29, 1.82) is 0 Å². The predicted molar refractivity (Wildman–Crippen MR) is 66.9 cm³/mol. The summed E-state index contributed by atoms with van der Waals surface area (Å²) in [5.74, 6) is -5.81. The van der Waals surface area contributed by atoms with Gasteiger partial charge in [0.2, 0.25) is 0 Å². The van der Waals surface area contributed by atoms with Gasteiger partial charge >= 0.3 is 11.9 Å². The van der Waals surface area contributed by atoms with Crippen LogP contribution in [0.2, 0.25) is 0 Å². The van der Waals surface area contributed by atoms with Gasteiger partial charge in [0.25, 0.3) is 0 Å². The number of methoxy groups -OCH3 is 1. The fourth-order valence-electron chi connectivity index (χ4n) is 1.46. The number of alkyl halides is 2. The highest BCUT2D eigenvalue weighted by Crippen LogP contribution is 2.28. The van der Waals surface area contributed by atoms with Gasteiger partial charge in [0.1, 0.15) is 12.2 Å². The number of carbonyl (C=O) groups is 1. The Labute approximate surface area is 112 Å². The zero-order valence-electron chi connectivity index (χ0n) is 12.0. The Morgan fingerprint density at radius 2 is 1.89 bits per heavy atom. The monoisotopic (exact) mass is 280 g/mol. The molecule has 0 fully saturated rings. The average Bonchev–Trinajstić information content (AvgIpc) is 2.34. The summed E-state index contributed by atoms with van der Waals surface area (Å²) in [6.45, 7) is 6.53. The fourth-order valence-corrected chi connectivity index (χ4v) is 1.46. The summed E-state index contributed by atoms with van der Waals surface area (Å²) in [5, 5.41) is 0. The molecule has 0 bridgehead atoms. The average molecular weight is 280 g/mol. The molecular weight excluding hydrogens is 258 g/mol. The maximum Gasteiger partial charge on any atom is 0.379 e. The van der Waals surface area contributed by atoms with E-state index < -0.39 is 23.9 Å². The van der Waals surface area contributed by atoms with Gasteiger partial charge in [0.15, 0.2) is 0 Å². The van der Waals surface area contributed by atoms with E-state index in [9.17, 15) is 13.6 Å². The molecule has 2 unspecified atom stereocenters. The lowest BCUT2D eigenvalue weighted by Crippen LogP contribution is -2.47. The minimum Gasteiger partial charge on any atom is -0.496 e. The number of halogens is 2. The molecule has 0 aliphatic carbocycles. The quantitative estimate of drug-likeness (QED) is 0.506. The van der Waals surface area contributed by atoms with Crippen LogP contribution in [0.25, 0.3) is 0 Å². The van der Waals surface area contributed by atoms with Crippen molar-refractivity contribution in [2.75, 3.05) is 13.7 Å². The molecule has 2 atom stereocenters. The van der Waals surface area contributed by atoms with Gasteiger partial charge in [0, 0.05) is 0 Å². The van der Waals surface area contributed by atoms with E-state index in [-0.39, 0.29) is 12.7 Å². The topological polar surface area (TPSA) is 44.8 Å². The van der Waals surface area contributed by atoms with Gasteiger partial charge in [-0.25, -0.2) is 4.79 Å². The highest BCUT2D eigenvalue weighted by molar-refractivity contribution is 5.78. The standard InChI is InChI=1S/C13H22F2O4/c1-6-7-18-10(4)8-19-11(9(2)3)13(14,15)12(16)17-5/h6-7,9-11H,8H2,1-5H3. The summed E-state index contributed by atoms with van der Waals surface area (Å²) in [4.78, 5) is 11.1. The minimum atomic E-state index is -3.68. The van der Waals surface area contributed by atoms with E-state index in [2.05, 4.69) is 4.74 Å². The first-order valence-electron chi connectivity index (χ1n) is 6.11. The fraction of sp³-hybridized carbons (Fsp3) is 0.769. The lowest BCUT2D eigenvalue weighted by Gasteiger charge is -2.28. The van der Waals surface area contributed by atoms with Gasteiger partial charge in [-0.2, -0.15) is 8.78 Å². The van der Waals surface area contributed by atoms with Crippen LogP contribution in [0.5, 0.6) is 0 Å². The van der Waals surface area contributed by atoms with Crippen molar-refractivity contribution < 1.29 is 27.8 Å². The summed E-state index contributed by atoms with van der Waals surface area (Å²) >= 11 is 0. The minimum absolute atomic E-state index is 0.0419. The summed E-state index contributed by atoms with van der Waals surface area (Å²) in [6.07, 6.45) is 1.21. The molecule has 0 aromatic carbocycles. The third kappa shape index (κ3) is 5.55. The van der Waals surface area contributed by atoms with Crippen LogP contribution in [0.1, 0.15) is 27.7 Å². The second kappa shape index (κ2) is 8.09. The van der Waals surface area contributed by atoms with Crippen LogP contribution in [0, 0.1) is 5.92 Å². The van der Waals surface area contributed by atoms with E-state index in [0.717, 1.165) is 7.11 Å². The normalized spacial score (nSPS) is 15.6. The maximum absolute atomic E-state index is 13.8. The van der Waals surface area contributed by atoms with Crippen LogP contribution < -0.4 is 0 Å². The van der Waals surface area contributed by atoms with Crippen LogP contribution >= 0.6 is 0 Å². The van der Waals surface area contributed by atoms with Crippen molar-refractivity contribution >= 4 is 5.97 Å². The van der Waals surface area contributed by atoms with E-state index in [1.54, 1.807) is 33.8 Å². The molecular formula is C13H22F2O4.